The van der Waals surface area contributed by atoms with Crippen LogP contribution in [-0.2, 0) is 0 Å². The summed E-state index contributed by atoms with van der Waals surface area (Å²) in [5, 5.41) is 8.84. The van der Waals surface area contributed by atoms with Crippen molar-refractivity contribution in [3.8, 4) is 11.5 Å². The molecular formula is C14H19ClFNO4. The second-order valence-corrected chi connectivity index (χ2v) is 4.87. The molecule has 0 radical (unpaired) electrons. The van der Waals surface area contributed by atoms with Crippen LogP contribution in [0.15, 0.2) is 0 Å². The van der Waals surface area contributed by atoms with Crippen molar-refractivity contribution in [3.63, 3.8) is 0 Å². The van der Waals surface area contributed by atoms with E-state index >= 15 is 0 Å². The topological polar surface area (TPSA) is 59.0 Å². The number of nitrogens with zero attached hydrogens (tertiary/aromatic N) is 1. The third-order valence-corrected chi connectivity index (χ3v) is 3.08. The summed E-state index contributed by atoms with van der Waals surface area (Å²) in [4.78, 5) is 12.8. The molecule has 0 amide bonds. The van der Waals surface area contributed by atoms with Gasteiger partial charge >= 0.3 is 5.97 Å². The van der Waals surface area contributed by atoms with E-state index in [0.29, 0.717) is 6.54 Å². The Morgan fingerprint density at radius 2 is 2.10 bits per heavy atom. The summed E-state index contributed by atoms with van der Waals surface area (Å²) < 4.78 is 24.2. The summed E-state index contributed by atoms with van der Waals surface area (Å²) in [5.74, 6) is -2.29. The number of hydrogen-bond acceptors (Lipinski definition) is 4. The number of ether oxygens (including phenoxy) is 2. The minimum Gasteiger partial charge on any atom is -0.494 e. The molecule has 118 valence electrons. The van der Waals surface area contributed by atoms with Gasteiger partial charge < -0.3 is 19.5 Å². The third-order valence-electron chi connectivity index (χ3n) is 2.74. The van der Waals surface area contributed by atoms with Gasteiger partial charge in [-0.05, 0) is 0 Å². The average molecular weight is 320 g/mol. The first-order chi connectivity index (χ1) is 9.90. The molecule has 0 fully saturated rings. The number of methoxy groups -OCH3 is 1. The van der Waals surface area contributed by atoms with Crippen LogP contribution in [0.1, 0.15) is 30.6 Å². The summed E-state index contributed by atoms with van der Waals surface area (Å²) in [6.07, 6.45) is 1.25. The van der Waals surface area contributed by atoms with Gasteiger partial charge in [0.25, 0.3) is 0 Å². The van der Waals surface area contributed by atoms with Crippen LogP contribution in [0.5, 0.6) is 11.5 Å². The number of rotatable bonds is 2. The quantitative estimate of drug-likeness (QED) is 0.905. The third kappa shape index (κ3) is 3.32. The number of carboxylic acid groups (broad SMARTS) is 1. The lowest BCUT2D eigenvalue weighted by atomic mass is 10.1. The zero-order valence-corrected chi connectivity index (χ0v) is 13.3. The highest BCUT2D eigenvalue weighted by Crippen LogP contribution is 2.46. The maximum absolute atomic E-state index is 14.1. The first-order valence-corrected chi connectivity index (χ1v) is 6.94. The van der Waals surface area contributed by atoms with Crippen LogP contribution in [0.25, 0.3) is 0 Å². The number of carboxylic acids is 1. The largest absolute Gasteiger partial charge is 0.494 e. The van der Waals surface area contributed by atoms with E-state index in [0.717, 1.165) is 0 Å². The van der Waals surface area contributed by atoms with Crippen molar-refractivity contribution in [1.29, 1.82) is 0 Å². The van der Waals surface area contributed by atoms with Crippen LogP contribution in [0.3, 0.4) is 0 Å². The molecule has 1 aliphatic rings. The van der Waals surface area contributed by atoms with Gasteiger partial charge in [0.05, 0.1) is 13.7 Å². The number of aromatic carboxylic acids is 1. The van der Waals surface area contributed by atoms with Crippen LogP contribution in [-0.4, -0.2) is 38.4 Å². The molecule has 1 aromatic rings. The molecule has 1 aliphatic heterocycles. The van der Waals surface area contributed by atoms with Gasteiger partial charge in [0.1, 0.15) is 22.9 Å². The van der Waals surface area contributed by atoms with E-state index in [9.17, 15) is 14.3 Å². The highest BCUT2D eigenvalue weighted by Gasteiger charge is 2.33. The van der Waals surface area contributed by atoms with E-state index in [4.69, 9.17) is 21.1 Å². The van der Waals surface area contributed by atoms with Gasteiger partial charge in [-0.1, -0.05) is 31.9 Å². The lowest BCUT2D eigenvalue weighted by Crippen LogP contribution is -2.31. The Bertz CT molecular complexity index is 536. The molecule has 0 bridgehead atoms. The SMILES string of the molecule is CCC.COc1c(Cl)c(F)c2c(c1C(=O)O)OCCN2C. The second-order valence-electron chi connectivity index (χ2n) is 4.50. The maximum atomic E-state index is 14.1. The first-order valence-electron chi connectivity index (χ1n) is 6.56. The molecule has 0 aliphatic carbocycles. The van der Waals surface area contributed by atoms with Crippen molar-refractivity contribution in [1.82, 2.24) is 0 Å². The molecule has 1 N–H and O–H groups in total. The van der Waals surface area contributed by atoms with Crippen LogP contribution < -0.4 is 14.4 Å². The van der Waals surface area contributed by atoms with Crippen molar-refractivity contribution in [3.05, 3.63) is 16.4 Å². The van der Waals surface area contributed by atoms with Crippen molar-refractivity contribution >= 4 is 23.3 Å². The predicted octanol–water partition coefficient (Wildman–Crippen LogP) is 3.43. The Balaban J connectivity index is 0.000000677. The summed E-state index contributed by atoms with van der Waals surface area (Å²) >= 11 is 5.80. The van der Waals surface area contributed by atoms with E-state index < -0.39 is 11.8 Å². The van der Waals surface area contributed by atoms with Gasteiger partial charge in [0, 0.05) is 7.05 Å². The smallest absolute Gasteiger partial charge is 0.343 e. The Labute approximate surface area is 128 Å². The Hall–Kier alpha value is -1.69. The molecule has 1 heterocycles. The van der Waals surface area contributed by atoms with Crippen LogP contribution in [0, 0.1) is 5.82 Å². The summed E-state index contributed by atoms with van der Waals surface area (Å²) in [7, 11) is 2.87. The zero-order valence-electron chi connectivity index (χ0n) is 12.5. The van der Waals surface area contributed by atoms with E-state index in [2.05, 4.69) is 13.8 Å². The number of carbonyl (C=O) groups is 1. The summed E-state index contributed by atoms with van der Waals surface area (Å²) in [6.45, 7) is 4.97. The minimum absolute atomic E-state index is 0.0458. The number of benzene rings is 1. The fraction of sp³-hybridized carbons (Fsp3) is 0.500. The fourth-order valence-corrected chi connectivity index (χ4v) is 2.16. The molecule has 0 saturated carbocycles. The Morgan fingerprint density at radius 1 is 1.52 bits per heavy atom. The minimum atomic E-state index is -1.28. The van der Waals surface area contributed by atoms with E-state index in [1.165, 1.54) is 13.5 Å². The summed E-state index contributed by atoms with van der Waals surface area (Å²) in [6, 6.07) is 0. The molecule has 5 nitrogen and oxygen atoms in total. The molecule has 1 aromatic carbocycles. The number of likely N-dealkylation sites (N-methyl/N-ethyl adjacent to an activating group) is 1. The molecule has 0 unspecified atom stereocenters. The predicted molar refractivity (Wildman–Crippen MR) is 79.7 cm³/mol. The van der Waals surface area contributed by atoms with Crippen LogP contribution >= 0.6 is 11.6 Å². The first kappa shape index (κ1) is 17.4. The van der Waals surface area contributed by atoms with Crippen molar-refractivity contribution in [2.24, 2.45) is 0 Å². The van der Waals surface area contributed by atoms with Gasteiger partial charge in [-0.15, -0.1) is 0 Å². The van der Waals surface area contributed by atoms with Crippen molar-refractivity contribution in [2.75, 3.05) is 32.2 Å². The molecule has 2 rings (SSSR count). The molecule has 21 heavy (non-hydrogen) atoms. The van der Waals surface area contributed by atoms with E-state index in [-0.39, 0.29) is 34.4 Å². The number of anilines is 1. The number of fused-ring (bicyclic) bond motifs is 1. The molecule has 0 spiro atoms. The monoisotopic (exact) mass is 319 g/mol. The molecular weight excluding hydrogens is 301 g/mol. The van der Waals surface area contributed by atoms with Gasteiger partial charge in [0.2, 0.25) is 0 Å². The zero-order chi connectivity index (χ0) is 16.2. The Morgan fingerprint density at radius 3 is 2.57 bits per heavy atom. The van der Waals surface area contributed by atoms with Gasteiger partial charge in [-0.2, -0.15) is 0 Å². The lowest BCUT2D eigenvalue weighted by Gasteiger charge is -2.30. The lowest BCUT2D eigenvalue weighted by molar-refractivity contribution is 0.0688. The van der Waals surface area contributed by atoms with Gasteiger partial charge in [0.15, 0.2) is 17.3 Å². The van der Waals surface area contributed by atoms with Crippen molar-refractivity contribution in [2.45, 2.75) is 20.3 Å². The molecule has 0 aromatic heterocycles. The molecule has 0 saturated heterocycles. The van der Waals surface area contributed by atoms with E-state index in [1.54, 1.807) is 11.9 Å². The van der Waals surface area contributed by atoms with Crippen LogP contribution in [0.2, 0.25) is 5.02 Å². The maximum Gasteiger partial charge on any atom is 0.343 e. The number of halogens is 2. The Kier molecular flexibility index (Phi) is 6.08. The van der Waals surface area contributed by atoms with Crippen molar-refractivity contribution < 1.29 is 23.8 Å². The molecule has 7 heteroatoms. The van der Waals surface area contributed by atoms with Gasteiger partial charge in [-0.25, -0.2) is 9.18 Å². The number of hydrogen-bond donors (Lipinski definition) is 1. The fourth-order valence-electron chi connectivity index (χ4n) is 1.90. The van der Waals surface area contributed by atoms with E-state index in [1.807, 2.05) is 0 Å². The van der Waals surface area contributed by atoms with Crippen LogP contribution in [0.4, 0.5) is 10.1 Å². The standard InChI is InChI=1S/C11H11ClFNO4.C3H8/c1-14-3-4-18-10-5(11(15)16)9(17-2)6(12)7(13)8(10)14;1-3-2/h3-4H2,1-2H3,(H,15,16);3H2,1-2H3. The second kappa shape index (κ2) is 7.36. The molecule has 0 atom stereocenters. The average Bonchev–Trinajstić information content (AvgIpc) is 2.42. The summed E-state index contributed by atoms with van der Waals surface area (Å²) in [5.41, 5.74) is -0.213. The highest BCUT2D eigenvalue weighted by atomic mass is 35.5. The highest BCUT2D eigenvalue weighted by molar-refractivity contribution is 6.33. The normalized spacial score (nSPS) is 12.8. The van der Waals surface area contributed by atoms with Gasteiger partial charge in [-0.3, -0.25) is 0 Å².